The number of rotatable bonds is 5. The third-order valence-electron chi connectivity index (χ3n) is 3.82. The van der Waals surface area contributed by atoms with E-state index in [1.165, 1.54) is 6.07 Å². The molecule has 29 heavy (non-hydrogen) atoms. The number of benzene rings is 2. The highest BCUT2D eigenvalue weighted by Crippen LogP contribution is 2.32. The van der Waals surface area contributed by atoms with Gasteiger partial charge >= 0.3 is 0 Å². The Labute approximate surface area is 177 Å². The molecule has 2 amide bonds. The maximum Gasteiger partial charge on any atom is 0.291 e. The van der Waals surface area contributed by atoms with E-state index in [0.717, 1.165) is 0 Å². The van der Waals surface area contributed by atoms with Crippen LogP contribution in [-0.2, 0) is 0 Å². The van der Waals surface area contributed by atoms with Gasteiger partial charge in [-0.25, -0.2) is 5.43 Å². The van der Waals surface area contributed by atoms with E-state index in [1.54, 1.807) is 62.4 Å². The predicted octanol–water partition coefficient (Wildman–Crippen LogP) is 5.63. The van der Waals surface area contributed by atoms with Gasteiger partial charge in [-0.15, -0.1) is 0 Å². The van der Waals surface area contributed by atoms with Crippen LogP contribution >= 0.6 is 23.2 Å². The molecule has 1 heterocycles. The standard InChI is InChI=1S/C21H17Cl2N3O3/c1-12(2)25-26-20(27)14-5-3-4-6-17(14)24-21(28)19-10-9-18(29-19)15-11-13(22)7-8-16(15)23/h3-11H,1-2H3,(H,24,28)(H,26,27). The second kappa shape index (κ2) is 8.94. The van der Waals surface area contributed by atoms with Crippen molar-refractivity contribution in [3.63, 3.8) is 0 Å². The van der Waals surface area contributed by atoms with Crippen molar-refractivity contribution in [1.29, 1.82) is 0 Å². The van der Waals surface area contributed by atoms with Crippen molar-refractivity contribution < 1.29 is 14.0 Å². The first-order valence-corrected chi connectivity index (χ1v) is 9.37. The third-order valence-corrected chi connectivity index (χ3v) is 4.39. The highest BCUT2D eigenvalue weighted by Gasteiger charge is 2.17. The molecule has 3 aromatic rings. The maximum absolute atomic E-state index is 12.6. The lowest BCUT2D eigenvalue weighted by Crippen LogP contribution is -2.21. The lowest BCUT2D eigenvalue weighted by molar-refractivity contribution is 0.0955. The zero-order valence-corrected chi connectivity index (χ0v) is 17.1. The Morgan fingerprint density at radius 2 is 1.72 bits per heavy atom. The van der Waals surface area contributed by atoms with Crippen LogP contribution in [0.25, 0.3) is 11.3 Å². The molecule has 3 rings (SSSR count). The molecule has 0 spiro atoms. The first kappa shape index (κ1) is 20.6. The molecule has 8 heteroatoms. The molecule has 0 aliphatic rings. The molecule has 0 bridgehead atoms. The maximum atomic E-state index is 12.6. The van der Waals surface area contributed by atoms with Gasteiger partial charge in [0.25, 0.3) is 11.8 Å². The normalized spacial score (nSPS) is 10.3. The Balaban J connectivity index is 1.82. The van der Waals surface area contributed by atoms with Gasteiger partial charge in [0, 0.05) is 16.3 Å². The summed E-state index contributed by atoms with van der Waals surface area (Å²) >= 11 is 12.2. The number of anilines is 1. The van der Waals surface area contributed by atoms with Gasteiger partial charge < -0.3 is 9.73 Å². The average Bonchev–Trinajstić information content (AvgIpc) is 3.18. The fraction of sp³-hybridized carbons (Fsp3) is 0.0952. The van der Waals surface area contributed by atoms with Gasteiger partial charge in [0.15, 0.2) is 5.76 Å². The molecule has 2 aromatic carbocycles. The number of hydrogen-bond donors (Lipinski definition) is 2. The van der Waals surface area contributed by atoms with Gasteiger partial charge in [-0.3, -0.25) is 9.59 Å². The van der Waals surface area contributed by atoms with Gasteiger partial charge in [-0.05, 0) is 56.3 Å². The van der Waals surface area contributed by atoms with Crippen LogP contribution in [0.4, 0.5) is 5.69 Å². The molecule has 0 radical (unpaired) electrons. The van der Waals surface area contributed by atoms with Crippen molar-refractivity contribution >= 4 is 46.4 Å². The van der Waals surface area contributed by atoms with E-state index in [2.05, 4.69) is 15.8 Å². The molecule has 0 aliphatic heterocycles. The Morgan fingerprint density at radius 1 is 0.966 bits per heavy atom. The lowest BCUT2D eigenvalue weighted by atomic mass is 10.1. The van der Waals surface area contributed by atoms with Crippen LogP contribution in [0.5, 0.6) is 0 Å². The summed E-state index contributed by atoms with van der Waals surface area (Å²) in [5, 5.41) is 7.52. The number of furan rings is 1. The van der Waals surface area contributed by atoms with Gasteiger partial charge in [0.1, 0.15) is 5.76 Å². The molecular formula is C21H17Cl2N3O3. The molecule has 0 saturated carbocycles. The molecule has 1 aromatic heterocycles. The number of carbonyl (C=O) groups excluding carboxylic acids is 2. The predicted molar refractivity (Wildman–Crippen MR) is 115 cm³/mol. The minimum Gasteiger partial charge on any atom is -0.451 e. The number of halogens is 2. The SMILES string of the molecule is CC(C)=NNC(=O)c1ccccc1NC(=O)c1ccc(-c2cc(Cl)ccc2Cl)o1. The highest BCUT2D eigenvalue weighted by molar-refractivity contribution is 6.35. The first-order valence-electron chi connectivity index (χ1n) is 8.62. The average molecular weight is 430 g/mol. The van der Waals surface area contributed by atoms with Crippen molar-refractivity contribution in [3.8, 4) is 11.3 Å². The number of amides is 2. The first-order chi connectivity index (χ1) is 13.8. The fourth-order valence-electron chi connectivity index (χ4n) is 2.49. The van der Waals surface area contributed by atoms with Crippen molar-refractivity contribution in [3.05, 3.63) is 76.0 Å². The quantitative estimate of drug-likeness (QED) is 0.406. The molecule has 148 valence electrons. The molecular weight excluding hydrogens is 413 g/mol. The number of nitrogens with one attached hydrogen (secondary N) is 2. The zero-order chi connectivity index (χ0) is 21.0. The lowest BCUT2D eigenvalue weighted by Gasteiger charge is -2.09. The Bertz CT molecular complexity index is 1100. The van der Waals surface area contributed by atoms with Crippen LogP contribution in [0.1, 0.15) is 34.8 Å². The zero-order valence-electron chi connectivity index (χ0n) is 15.6. The fourth-order valence-corrected chi connectivity index (χ4v) is 2.87. The topological polar surface area (TPSA) is 83.7 Å². The molecule has 0 atom stereocenters. The third kappa shape index (κ3) is 5.04. The second-order valence-corrected chi connectivity index (χ2v) is 7.13. The summed E-state index contributed by atoms with van der Waals surface area (Å²) in [6.07, 6.45) is 0. The van der Waals surface area contributed by atoms with E-state index in [-0.39, 0.29) is 11.3 Å². The van der Waals surface area contributed by atoms with E-state index in [4.69, 9.17) is 27.6 Å². The van der Waals surface area contributed by atoms with E-state index < -0.39 is 11.8 Å². The van der Waals surface area contributed by atoms with Gasteiger partial charge in [0.05, 0.1) is 16.3 Å². The van der Waals surface area contributed by atoms with Crippen LogP contribution in [0.15, 0.2) is 64.1 Å². The number of nitrogens with zero attached hydrogens (tertiary/aromatic N) is 1. The van der Waals surface area contributed by atoms with Crippen LogP contribution in [0, 0.1) is 0 Å². The van der Waals surface area contributed by atoms with Gasteiger partial charge in [0.2, 0.25) is 0 Å². The van der Waals surface area contributed by atoms with E-state index in [9.17, 15) is 9.59 Å². The number of carbonyl (C=O) groups is 2. The molecule has 6 nitrogen and oxygen atoms in total. The van der Waals surface area contributed by atoms with E-state index >= 15 is 0 Å². The van der Waals surface area contributed by atoms with Crippen LogP contribution in [0.2, 0.25) is 10.0 Å². The largest absolute Gasteiger partial charge is 0.451 e. The monoisotopic (exact) mass is 429 g/mol. The molecule has 0 unspecified atom stereocenters. The number of hydrogen-bond acceptors (Lipinski definition) is 4. The number of para-hydroxylation sites is 1. The summed E-state index contributed by atoms with van der Waals surface area (Å²) in [6, 6.07) is 14.7. The minimum atomic E-state index is -0.509. The molecule has 0 fully saturated rings. The van der Waals surface area contributed by atoms with Crippen molar-refractivity contribution in [2.75, 3.05) is 5.32 Å². The van der Waals surface area contributed by atoms with E-state index in [1.807, 2.05) is 0 Å². The van der Waals surface area contributed by atoms with E-state index in [0.29, 0.717) is 32.8 Å². The smallest absolute Gasteiger partial charge is 0.291 e. The molecule has 0 saturated heterocycles. The van der Waals surface area contributed by atoms with Crippen molar-refractivity contribution in [1.82, 2.24) is 5.43 Å². The van der Waals surface area contributed by atoms with Gasteiger partial charge in [-0.1, -0.05) is 35.3 Å². The minimum absolute atomic E-state index is 0.0636. The molecule has 0 aliphatic carbocycles. The summed E-state index contributed by atoms with van der Waals surface area (Å²) in [7, 11) is 0. The summed E-state index contributed by atoms with van der Waals surface area (Å²) in [5.41, 5.74) is 4.31. The van der Waals surface area contributed by atoms with Crippen LogP contribution in [0.3, 0.4) is 0 Å². The second-order valence-electron chi connectivity index (χ2n) is 6.29. The number of hydrazone groups is 1. The summed E-state index contributed by atoms with van der Waals surface area (Å²) in [6.45, 7) is 3.52. The van der Waals surface area contributed by atoms with Gasteiger partial charge in [-0.2, -0.15) is 5.10 Å². The Kier molecular flexibility index (Phi) is 6.36. The summed E-state index contributed by atoms with van der Waals surface area (Å²) < 4.78 is 5.64. The van der Waals surface area contributed by atoms with Crippen molar-refractivity contribution in [2.24, 2.45) is 5.10 Å². The highest BCUT2D eigenvalue weighted by atomic mass is 35.5. The van der Waals surface area contributed by atoms with Crippen LogP contribution < -0.4 is 10.7 Å². The summed E-state index contributed by atoms with van der Waals surface area (Å²) in [5.74, 6) is -0.479. The van der Waals surface area contributed by atoms with Crippen LogP contribution in [-0.4, -0.2) is 17.5 Å². The Morgan fingerprint density at radius 3 is 2.48 bits per heavy atom. The summed E-state index contributed by atoms with van der Waals surface area (Å²) in [4.78, 5) is 25.0. The Hall–Kier alpha value is -3.09. The molecule has 2 N–H and O–H groups in total. The van der Waals surface area contributed by atoms with Crippen molar-refractivity contribution in [2.45, 2.75) is 13.8 Å².